The van der Waals surface area contributed by atoms with Gasteiger partial charge in [-0.1, -0.05) is 12.1 Å². The topological polar surface area (TPSA) is 103 Å². The number of rotatable bonds is 4. The van der Waals surface area contributed by atoms with Gasteiger partial charge in [-0.05, 0) is 56.0 Å². The lowest BCUT2D eigenvalue weighted by Crippen LogP contribution is -2.50. The summed E-state index contributed by atoms with van der Waals surface area (Å²) in [4.78, 5) is 27.1. The monoisotopic (exact) mass is 497 g/mol. The molecule has 37 heavy (non-hydrogen) atoms. The number of aliphatic hydroxyl groups is 1. The van der Waals surface area contributed by atoms with E-state index < -0.39 is 11.5 Å². The van der Waals surface area contributed by atoms with Crippen LogP contribution in [0.3, 0.4) is 0 Å². The quantitative estimate of drug-likeness (QED) is 0.590. The van der Waals surface area contributed by atoms with Crippen LogP contribution in [-0.2, 0) is 16.7 Å². The fourth-order valence-corrected chi connectivity index (χ4v) is 6.40. The molecule has 3 aromatic rings. The van der Waals surface area contributed by atoms with E-state index in [2.05, 4.69) is 22.0 Å². The van der Waals surface area contributed by atoms with Gasteiger partial charge in [0.05, 0.1) is 42.1 Å². The van der Waals surface area contributed by atoms with Crippen molar-refractivity contribution in [2.45, 2.75) is 56.3 Å². The number of carbonyl (C=O) groups excluding carboxylic acids is 1. The van der Waals surface area contributed by atoms with E-state index in [9.17, 15) is 15.2 Å². The van der Waals surface area contributed by atoms with Gasteiger partial charge in [-0.3, -0.25) is 19.7 Å². The second-order valence-corrected chi connectivity index (χ2v) is 10.5. The summed E-state index contributed by atoms with van der Waals surface area (Å²) in [6.45, 7) is 5.04. The molecular weight excluding hydrogens is 466 g/mol. The number of hydrogen-bond acceptors (Lipinski definition) is 7. The summed E-state index contributed by atoms with van der Waals surface area (Å²) >= 11 is 0. The number of pyridine rings is 2. The van der Waals surface area contributed by atoms with Crippen molar-refractivity contribution in [2.75, 3.05) is 26.3 Å². The second-order valence-electron chi connectivity index (χ2n) is 10.5. The van der Waals surface area contributed by atoms with E-state index in [-0.39, 0.29) is 24.6 Å². The molecule has 1 amide bonds. The molecule has 190 valence electrons. The lowest BCUT2D eigenvalue weighted by molar-refractivity contribution is -0.0623. The van der Waals surface area contributed by atoms with E-state index in [1.54, 1.807) is 12.4 Å². The Hall–Kier alpha value is -3.38. The van der Waals surface area contributed by atoms with Crippen molar-refractivity contribution in [1.29, 1.82) is 5.26 Å². The maximum absolute atomic E-state index is 13.7. The van der Waals surface area contributed by atoms with Crippen LogP contribution in [0.2, 0.25) is 0 Å². The van der Waals surface area contributed by atoms with Crippen molar-refractivity contribution < 1.29 is 14.6 Å². The highest BCUT2D eigenvalue weighted by Gasteiger charge is 2.44. The summed E-state index contributed by atoms with van der Waals surface area (Å²) in [5, 5.41) is 21.7. The molecule has 0 spiro atoms. The van der Waals surface area contributed by atoms with Gasteiger partial charge >= 0.3 is 0 Å². The lowest BCUT2D eigenvalue weighted by Gasteiger charge is -2.37. The summed E-state index contributed by atoms with van der Waals surface area (Å²) in [6, 6.07) is 13.9. The lowest BCUT2D eigenvalue weighted by atomic mass is 9.76. The van der Waals surface area contributed by atoms with Gasteiger partial charge < -0.3 is 14.7 Å². The van der Waals surface area contributed by atoms with Crippen LogP contribution in [0.5, 0.6) is 0 Å². The van der Waals surface area contributed by atoms with Crippen LogP contribution < -0.4 is 0 Å². The number of aliphatic hydroxyl groups excluding tert-OH is 1. The molecule has 1 N–H and O–H groups in total. The average molecular weight is 498 g/mol. The Labute approximate surface area is 216 Å². The molecule has 3 atom stereocenters. The molecule has 2 fully saturated rings. The Morgan fingerprint density at radius 3 is 2.73 bits per heavy atom. The molecule has 8 heteroatoms. The minimum Gasteiger partial charge on any atom is -0.389 e. The number of piperidine rings is 1. The summed E-state index contributed by atoms with van der Waals surface area (Å²) < 4.78 is 5.41. The van der Waals surface area contributed by atoms with Crippen LogP contribution in [-0.4, -0.2) is 69.2 Å². The average Bonchev–Trinajstić information content (AvgIpc) is 3.19. The first-order chi connectivity index (χ1) is 18.0. The smallest absolute Gasteiger partial charge is 0.255 e. The van der Waals surface area contributed by atoms with Crippen molar-refractivity contribution in [3.63, 3.8) is 0 Å². The van der Waals surface area contributed by atoms with Gasteiger partial charge in [0.2, 0.25) is 0 Å². The number of fused-ring (bicyclic) bond motifs is 3. The van der Waals surface area contributed by atoms with Gasteiger partial charge in [0.1, 0.15) is 5.41 Å². The Kier molecular flexibility index (Phi) is 6.15. The highest BCUT2D eigenvalue weighted by molar-refractivity contribution is 6.05. The fraction of sp³-hybridized carbons (Fsp3) is 0.448. The van der Waals surface area contributed by atoms with Crippen molar-refractivity contribution in [3.8, 4) is 6.07 Å². The first kappa shape index (κ1) is 24.0. The molecule has 2 aromatic heterocycles. The van der Waals surface area contributed by atoms with Crippen LogP contribution in [0.15, 0.2) is 48.8 Å². The molecule has 5 heterocycles. The highest BCUT2D eigenvalue weighted by Crippen LogP contribution is 2.42. The Bertz CT molecular complexity index is 1360. The van der Waals surface area contributed by atoms with Crippen molar-refractivity contribution in [1.82, 2.24) is 19.8 Å². The van der Waals surface area contributed by atoms with Gasteiger partial charge in [0.25, 0.3) is 5.91 Å². The molecule has 3 aliphatic rings. The first-order valence-electron chi connectivity index (χ1n) is 13.1. The molecule has 0 saturated carbocycles. The third-order valence-corrected chi connectivity index (χ3v) is 8.44. The molecule has 0 bridgehead atoms. The van der Waals surface area contributed by atoms with Crippen molar-refractivity contribution in [2.24, 2.45) is 0 Å². The first-order valence-corrected chi connectivity index (χ1v) is 13.1. The minimum absolute atomic E-state index is 0.0421. The summed E-state index contributed by atoms with van der Waals surface area (Å²) in [5.41, 5.74) is 3.84. The number of nitriles is 1. The van der Waals surface area contributed by atoms with Gasteiger partial charge in [0.15, 0.2) is 0 Å². The van der Waals surface area contributed by atoms with E-state index >= 15 is 0 Å². The zero-order valence-electron chi connectivity index (χ0n) is 21.0. The van der Waals surface area contributed by atoms with Crippen LogP contribution in [0.4, 0.5) is 0 Å². The number of carbonyl (C=O) groups is 1. The maximum atomic E-state index is 13.7. The number of ether oxygens (including phenoxy) is 1. The number of benzene rings is 1. The third kappa shape index (κ3) is 3.98. The summed E-state index contributed by atoms with van der Waals surface area (Å²) in [6.07, 6.45) is 4.89. The number of hydrogen-bond donors (Lipinski definition) is 1. The van der Waals surface area contributed by atoms with Gasteiger partial charge in [0, 0.05) is 55.1 Å². The van der Waals surface area contributed by atoms with E-state index in [0.717, 1.165) is 40.8 Å². The Morgan fingerprint density at radius 2 is 2.00 bits per heavy atom. The zero-order valence-corrected chi connectivity index (χ0v) is 21.0. The number of amides is 1. The van der Waals surface area contributed by atoms with Gasteiger partial charge in [-0.25, -0.2) is 0 Å². The standard InChI is InChI=1S/C29H31N5O3/c1-19-26-22(28(36)34(19)23-7-14-37-17-24(23)35)15-20(21-5-4-11-32-27(21)26)16-33-12-8-29(18-30,9-13-33)25-6-2-3-10-31-25/h2-6,10-11,15,19,23-24,35H,7-9,12-14,16-17H2,1H3. The van der Waals surface area contributed by atoms with Gasteiger partial charge in [-0.2, -0.15) is 5.26 Å². The van der Waals surface area contributed by atoms with Gasteiger partial charge in [-0.15, -0.1) is 0 Å². The zero-order chi connectivity index (χ0) is 25.6. The number of likely N-dealkylation sites (tertiary alicyclic amines) is 1. The maximum Gasteiger partial charge on any atom is 0.255 e. The van der Waals surface area contributed by atoms with Crippen LogP contribution >= 0.6 is 0 Å². The van der Waals surface area contributed by atoms with E-state index in [1.165, 1.54) is 0 Å². The molecule has 6 rings (SSSR count). The molecule has 3 aliphatic heterocycles. The third-order valence-electron chi connectivity index (χ3n) is 8.44. The normalized spacial score (nSPS) is 25.7. The molecule has 2 saturated heterocycles. The minimum atomic E-state index is -0.694. The molecule has 3 unspecified atom stereocenters. The molecule has 8 nitrogen and oxygen atoms in total. The van der Waals surface area contributed by atoms with E-state index in [4.69, 9.17) is 9.72 Å². The molecular formula is C29H31N5O3. The van der Waals surface area contributed by atoms with Crippen LogP contribution in [0.25, 0.3) is 10.9 Å². The molecule has 0 aliphatic carbocycles. The largest absolute Gasteiger partial charge is 0.389 e. The van der Waals surface area contributed by atoms with Crippen LogP contribution in [0.1, 0.15) is 59.4 Å². The SMILES string of the molecule is CC1c2c(cc(CN3CCC(C#N)(c4ccccn4)CC3)c3cccnc23)C(=O)N1C1CCOCC1O. The predicted molar refractivity (Wildman–Crippen MR) is 138 cm³/mol. The second kappa shape index (κ2) is 9.49. The summed E-state index contributed by atoms with van der Waals surface area (Å²) in [5.74, 6) is -0.0421. The Balaban J connectivity index is 1.29. The van der Waals surface area contributed by atoms with Crippen LogP contribution in [0, 0.1) is 11.3 Å². The summed E-state index contributed by atoms with van der Waals surface area (Å²) in [7, 11) is 0. The Morgan fingerprint density at radius 1 is 1.19 bits per heavy atom. The van der Waals surface area contributed by atoms with E-state index in [1.807, 2.05) is 42.2 Å². The fourth-order valence-electron chi connectivity index (χ4n) is 6.40. The van der Waals surface area contributed by atoms with Crippen molar-refractivity contribution in [3.05, 3.63) is 71.2 Å². The van der Waals surface area contributed by atoms with E-state index in [0.29, 0.717) is 38.0 Å². The molecule has 0 radical (unpaired) electrons. The predicted octanol–water partition coefficient (Wildman–Crippen LogP) is 3.35. The van der Waals surface area contributed by atoms with Crippen molar-refractivity contribution >= 4 is 16.8 Å². The highest BCUT2D eigenvalue weighted by atomic mass is 16.5. The molecule has 1 aromatic carbocycles. The number of nitrogens with zero attached hydrogens (tertiary/aromatic N) is 5. The number of aromatic nitrogens is 2.